The predicted molar refractivity (Wildman–Crippen MR) is 109 cm³/mol. The summed E-state index contributed by atoms with van der Waals surface area (Å²) in [6, 6.07) is 8.84. The van der Waals surface area contributed by atoms with Gasteiger partial charge in [0.05, 0.1) is 11.1 Å². The van der Waals surface area contributed by atoms with E-state index in [2.05, 4.69) is 5.32 Å². The number of anilines is 1. The largest absolute Gasteiger partial charge is 0.455 e. The summed E-state index contributed by atoms with van der Waals surface area (Å²) in [6.45, 7) is 0.903. The smallest absolute Gasteiger partial charge is 0.317 e. The van der Waals surface area contributed by atoms with Crippen LogP contribution < -0.4 is 14.8 Å². The second-order valence-electron chi connectivity index (χ2n) is 7.73. The first-order valence-electron chi connectivity index (χ1n) is 10.1. The van der Waals surface area contributed by atoms with Gasteiger partial charge in [-0.3, -0.25) is 14.4 Å². The highest BCUT2D eigenvalue weighted by molar-refractivity contribution is 6.05. The molecule has 7 nitrogen and oxygen atoms in total. The first-order valence-corrected chi connectivity index (χ1v) is 10.1. The molecule has 0 aromatic heterocycles. The Kier molecular flexibility index (Phi) is 5.63. The molecule has 0 radical (unpaired) electrons. The number of Topliss-reactive ketones (excluding diaryl/α,β-unsaturated/α-hetero) is 1. The Morgan fingerprint density at radius 2 is 1.71 bits per heavy atom. The number of nitrogens with one attached hydrogen (secondary N) is 1. The maximum absolute atomic E-state index is 13.3. The molecule has 1 N–H and O–H groups in total. The summed E-state index contributed by atoms with van der Waals surface area (Å²) in [4.78, 5) is 37.4. The Balaban J connectivity index is 1.45. The minimum absolute atomic E-state index is 0.0349. The van der Waals surface area contributed by atoms with Crippen LogP contribution in [0.3, 0.4) is 0 Å². The third-order valence-electron chi connectivity index (χ3n) is 5.75. The number of carbonyl (C=O) groups is 3. The highest BCUT2D eigenvalue weighted by Crippen LogP contribution is 2.42. The van der Waals surface area contributed by atoms with Crippen LogP contribution in [0.1, 0.15) is 48.5 Å². The number of ketones is 1. The Morgan fingerprint density at radius 3 is 2.35 bits per heavy atom. The van der Waals surface area contributed by atoms with Gasteiger partial charge in [-0.25, -0.2) is 4.39 Å². The predicted octanol–water partition coefficient (Wildman–Crippen LogP) is 3.75. The number of fused-ring (bicyclic) bond motifs is 1. The molecular weight excluding hydrogens is 405 g/mol. The van der Waals surface area contributed by atoms with Crippen LogP contribution in [0.2, 0.25) is 0 Å². The highest BCUT2D eigenvalue weighted by atomic mass is 19.1. The summed E-state index contributed by atoms with van der Waals surface area (Å²) in [7, 11) is 0. The van der Waals surface area contributed by atoms with Gasteiger partial charge in [-0.1, -0.05) is 25.0 Å². The SMILES string of the molecule is CC(=O)c1cc2c(cc1NC(=O)COC(=O)C1(c3ccc(F)cc3)CCCC1)OCO2. The molecule has 0 saturated heterocycles. The summed E-state index contributed by atoms with van der Waals surface area (Å²) >= 11 is 0. The molecule has 2 aliphatic rings. The number of esters is 1. The molecule has 8 heteroatoms. The second kappa shape index (κ2) is 8.37. The normalized spacial score (nSPS) is 16.1. The lowest BCUT2D eigenvalue weighted by Crippen LogP contribution is -2.36. The lowest BCUT2D eigenvalue weighted by molar-refractivity contribution is -0.153. The Labute approximate surface area is 178 Å². The van der Waals surface area contributed by atoms with E-state index >= 15 is 0 Å². The number of halogens is 1. The lowest BCUT2D eigenvalue weighted by Gasteiger charge is -2.27. The first kappa shape index (κ1) is 20.8. The van der Waals surface area contributed by atoms with Crippen LogP contribution in [0.5, 0.6) is 11.5 Å². The van der Waals surface area contributed by atoms with Crippen molar-refractivity contribution in [3.05, 3.63) is 53.3 Å². The van der Waals surface area contributed by atoms with Crippen molar-refractivity contribution in [2.75, 3.05) is 18.7 Å². The molecule has 0 spiro atoms. The molecule has 1 heterocycles. The van der Waals surface area contributed by atoms with E-state index in [0.29, 0.717) is 29.9 Å². The maximum Gasteiger partial charge on any atom is 0.317 e. The molecule has 2 aromatic carbocycles. The van der Waals surface area contributed by atoms with Crippen LogP contribution in [0, 0.1) is 5.82 Å². The average Bonchev–Trinajstić information content (AvgIpc) is 3.41. The number of rotatable bonds is 6. The van der Waals surface area contributed by atoms with Crippen LogP contribution in [-0.4, -0.2) is 31.1 Å². The number of hydrogen-bond acceptors (Lipinski definition) is 6. The molecule has 0 atom stereocenters. The highest BCUT2D eigenvalue weighted by Gasteiger charge is 2.44. The van der Waals surface area contributed by atoms with Crippen LogP contribution in [0.25, 0.3) is 0 Å². The van der Waals surface area contributed by atoms with Gasteiger partial charge in [0.2, 0.25) is 6.79 Å². The van der Waals surface area contributed by atoms with Crippen molar-refractivity contribution >= 4 is 23.3 Å². The van der Waals surface area contributed by atoms with Crippen LogP contribution >= 0.6 is 0 Å². The van der Waals surface area contributed by atoms with Gasteiger partial charge in [0.25, 0.3) is 5.91 Å². The van der Waals surface area contributed by atoms with Gasteiger partial charge < -0.3 is 19.5 Å². The van der Waals surface area contributed by atoms with E-state index in [1.165, 1.54) is 31.2 Å². The monoisotopic (exact) mass is 427 g/mol. The van der Waals surface area contributed by atoms with E-state index in [4.69, 9.17) is 14.2 Å². The molecule has 1 aliphatic heterocycles. The molecule has 31 heavy (non-hydrogen) atoms. The Morgan fingerprint density at radius 1 is 1.06 bits per heavy atom. The zero-order valence-corrected chi connectivity index (χ0v) is 17.0. The summed E-state index contributed by atoms with van der Waals surface area (Å²) < 4.78 is 29.2. The van der Waals surface area contributed by atoms with Crippen molar-refractivity contribution in [3.8, 4) is 11.5 Å². The van der Waals surface area contributed by atoms with Crippen molar-refractivity contribution in [1.82, 2.24) is 0 Å². The van der Waals surface area contributed by atoms with Crippen molar-refractivity contribution < 1.29 is 33.0 Å². The number of hydrogen-bond donors (Lipinski definition) is 1. The van der Waals surface area contributed by atoms with Crippen LogP contribution in [0.4, 0.5) is 10.1 Å². The zero-order chi connectivity index (χ0) is 22.0. The number of benzene rings is 2. The second-order valence-corrected chi connectivity index (χ2v) is 7.73. The van der Waals surface area contributed by atoms with E-state index in [1.807, 2.05) is 0 Å². The molecule has 4 rings (SSSR count). The fourth-order valence-corrected chi connectivity index (χ4v) is 4.15. The summed E-state index contributed by atoms with van der Waals surface area (Å²) in [5, 5.41) is 2.61. The van der Waals surface area contributed by atoms with Crippen LogP contribution in [-0.2, 0) is 19.7 Å². The molecule has 1 saturated carbocycles. The first-order chi connectivity index (χ1) is 14.9. The number of amides is 1. The fourth-order valence-electron chi connectivity index (χ4n) is 4.15. The lowest BCUT2D eigenvalue weighted by atomic mass is 9.79. The molecular formula is C23H22FNO6. The minimum atomic E-state index is -0.878. The van der Waals surface area contributed by atoms with Crippen molar-refractivity contribution in [2.45, 2.75) is 38.0 Å². The third kappa shape index (κ3) is 4.10. The molecule has 162 valence electrons. The van der Waals surface area contributed by atoms with Crippen LogP contribution in [0.15, 0.2) is 36.4 Å². The van der Waals surface area contributed by atoms with E-state index < -0.39 is 23.9 Å². The molecule has 2 aromatic rings. The number of ether oxygens (including phenoxy) is 3. The molecule has 0 bridgehead atoms. The van der Waals surface area contributed by atoms with E-state index in [1.54, 1.807) is 12.1 Å². The Hall–Kier alpha value is -3.42. The van der Waals surface area contributed by atoms with Gasteiger partial charge in [-0.15, -0.1) is 0 Å². The standard InChI is InChI=1S/C23H22FNO6/c1-14(26)17-10-19-20(31-13-30-19)11-18(17)25-21(27)12-29-22(28)23(8-2-3-9-23)15-4-6-16(24)7-5-15/h4-7,10-11H,2-3,8-9,12-13H2,1H3,(H,25,27). The average molecular weight is 427 g/mol. The van der Waals surface area contributed by atoms with Crippen molar-refractivity contribution in [2.24, 2.45) is 0 Å². The van der Waals surface area contributed by atoms with Gasteiger partial charge in [-0.05, 0) is 43.5 Å². The molecule has 0 unspecified atom stereocenters. The van der Waals surface area contributed by atoms with E-state index in [9.17, 15) is 18.8 Å². The molecule has 1 amide bonds. The van der Waals surface area contributed by atoms with Crippen molar-refractivity contribution in [1.29, 1.82) is 0 Å². The molecule has 1 aliphatic carbocycles. The van der Waals surface area contributed by atoms with E-state index in [0.717, 1.165) is 12.8 Å². The quantitative estimate of drug-likeness (QED) is 0.558. The van der Waals surface area contributed by atoms with Crippen molar-refractivity contribution in [3.63, 3.8) is 0 Å². The Bertz CT molecular complexity index is 1030. The zero-order valence-electron chi connectivity index (χ0n) is 17.0. The summed E-state index contributed by atoms with van der Waals surface area (Å²) in [5.41, 5.74) is 0.331. The van der Waals surface area contributed by atoms with Gasteiger partial charge in [-0.2, -0.15) is 0 Å². The maximum atomic E-state index is 13.3. The van der Waals surface area contributed by atoms with E-state index in [-0.39, 0.29) is 29.6 Å². The topological polar surface area (TPSA) is 90.9 Å². The van der Waals surface area contributed by atoms with Gasteiger partial charge in [0.1, 0.15) is 5.82 Å². The number of carbonyl (C=O) groups excluding carboxylic acids is 3. The van der Waals surface area contributed by atoms with Gasteiger partial charge >= 0.3 is 5.97 Å². The fraction of sp³-hybridized carbons (Fsp3) is 0.348. The third-order valence-corrected chi connectivity index (χ3v) is 5.75. The summed E-state index contributed by atoms with van der Waals surface area (Å²) in [5.74, 6) is -0.886. The van der Waals surface area contributed by atoms with Gasteiger partial charge in [0, 0.05) is 11.6 Å². The summed E-state index contributed by atoms with van der Waals surface area (Å²) in [6.07, 6.45) is 2.85. The molecule has 1 fully saturated rings. The minimum Gasteiger partial charge on any atom is -0.455 e. The van der Waals surface area contributed by atoms with Gasteiger partial charge in [0.15, 0.2) is 23.9 Å².